The van der Waals surface area contributed by atoms with E-state index >= 15 is 4.39 Å². The molecule has 204 valence electrons. The third-order valence-electron chi connectivity index (χ3n) is 7.99. The first kappa shape index (κ1) is 24.6. The minimum absolute atomic E-state index is 0.0131. The second-order valence-corrected chi connectivity index (χ2v) is 10.6. The molecular formula is C28H29FN10O. The van der Waals surface area contributed by atoms with Crippen LogP contribution in [0, 0.1) is 11.7 Å². The Kier molecular flexibility index (Phi) is 6.11. The summed E-state index contributed by atoms with van der Waals surface area (Å²) in [6, 6.07) is 1.70. The largest absolute Gasteiger partial charge is 0.366 e. The molecule has 0 aromatic carbocycles. The lowest BCUT2D eigenvalue weighted by atomic mass is 10.1. The predicted octanol–water partition coefficient (Wildman–Crippen LogP) is 3.98. The molecule has 6 heterocycles. The number of nitrogens with zero attached hydrogens (tertiary/aromatic N) is 7. The molecule has 1 saturated heterocycles. The van der Waals surface area contributed by atoms with Crippen LogP contribution in [0.2, 0.25) is 0 Å². The van der Waals surface area contributed by atoms with Gasteiger partial charge in [0.15, 0.2) is 11.6 Å². The summed E-state index contributed by atoms with van der Waals surface area (Å²) in [4.78, 5) is 38.3. The third kappa shape index (κ3) is 4.34. The number of fused-ring (bicyclic) bond motifs is 2. The number of amides is 1. The number of H-pyrrole nitrogens is 2. The van der Waals surface area contributed by atoms with Crippen LogP contribution in [-0.4, -0.2) is 79.2 Å². The van der Waals surface area contributed by atoms with Crippen LogP contribution in [0.25, 0.3) is 44.7 Å². The van der Waals surface area contributed by atoms with Gasteiger partial charge in [-0.3, -0.25) is 24.8 Å². The van der Waals surface area contributed by atoms with Crippen LogP contribution < -0.4 is 10.2 Å². The van der Waals surface area contributed by atoms with E-state index in [0.717, 1.165) is 68.6 Å². The molecule has 0 unspecified atom stereocenters. The highest BCUT2D eigenvalue weighted by molar-refractivity contribution is 5.97. The molecule has 0 spiro atoms. The van der Waals surface area contributed by atoms with E-state index in [9.17, 15) is 4.79 Å². The summed E-state index contributed by atoms with van der Waals surface area (Å²) in [5, 5.41) is 10.5. The quantitative estimate of drug-likeness (QED) is 0.305. The topological polar surface area (TPSA) is 132 Å². The van der Waals surface area contributed by atoms with Gasteiger partial charge in [-0.25, -0.2) is 9.37 Å². The number of likely N-dealkylation sites (N-methyl/N-ethyl adjacent to an activating group) is 1. The van der Waals surface area contributed by atoms with Crippen LogP contribution in [0.15, 0.2) is 37.1 Å². The lowest BCUT2D eigenvalue weighted by Gasteiger charge is -2.33. The molecule has 5 aromatic heterocycles. The van der Waals surface area contributed by atoms with Crippen molar-refractivity contribution in [3.8, 4) is 22.8 Å². The average Bonchev–Trinajstić information content (AvgIpc) is 3.73. The van der Waals surface area contributed by atoms with E-state index in [1.165, 1.54) is 6.20 Å². The van der Waals surface area contributed by atoms with E-state index in [1.54, 1.807) is 24.7 Å². The van der Waals surface area contributed by atoms with Gasteiger partial charge in [0.25, 0.3) is 0 Å². The number of hydrogen-bond acceptors (Lipinski definition) is 8. The Balaban J connectivity index is 1.24. The van der Waals surface area contributed by atoms with Crippen molar-refractivity contribution in [2.24, 2.45) is 5.92 Å². The number of piperazine rings is 1. The lowest BCUT2D eigenvalue weighted by molar-refractivity contribution is -0.119. The second-order valence-electron chi connectivity index (χ2n) is 10.6. The Morgan fingerprint density at radius 1 is 1.00 bits per heavy atom. The molecule has 1 amide bonds. The zero-order valence-electron chi connectivity index (χ0n) is 22.1. The van der Waals surface area contributed by atoms with Gasteiger partial charge in [0, 0.05) is 43.9 Å². The molecule has 0 bridgehead atoms. The molecular weight excluding hydrogens is 511 g/mol. The van der Waals surface area contributed by atoms with Crippen LogP contribution in [0.5, 0.6) is 0 Å². The van der Waals surface area contributed by atoms with Crippen molar-refractivity contribution in [2.45, 2.75) is 25.7 Å². The zero-order chi connectivity index (χ0) is 27.2. The first-order chi connectivity index (χ1) is 19.5. The minimum Gasteiger partial charge on any atom is -0.366 e. The average molecular weight is 541 g/mol. The molecule has 5 aromatic rings. The van der Waals surface area contributed by atoms with E-state index in [2.05, 4.69) is 52.3 Å². The Morgan fingerprint density at radius 2 is 1.80 bits per heavy atom. The van der Waals surface area contributed by atoms with Crippen molar-refractivity contribution in [1.82, 2.24) is 40.0 Å². The highest BCUT2D eigenvalue weighted by atomic mass is 19.1. The van der Waals surface area contributed by atoms with Gasteiger partial charge in [0.05, 0.1) is 52.6 Å². The fourth-order valence-corrected chi connectivity index (χ4v) is 5.73. The Bertz CT molecular complexity index is 1720. The van der Waals surface area contributed by atoms with Gasteiger partial charge >= 0.3 is 0 Å². The molecule has 12 heteroatoms. The standard InChI is InChI=1S/C28H29FN10O/c1-38-6-8-39(9-7-38)21-15-31-13-20-25(21)35-27(34-20)26-22-19(36-37-26)14-32-24(23(22)29)17-10-18(12-30-11-17)33-28(40)16-4-2-3-5-16/h10-16H,2-9H2,1H3,(H,33,40)(H,34,35)(H,36,37). The number of aromatic amines is 2. The molecule has 0 atom stereocenters. The Labute approximate surface area is 229 Å². The van der Waals surface area contributed by atoms with E-state index < -0.39 is 5.82 Å². The number of aromatic nitrogens is 7. The number of hydrogen-bond donors (Lipinski definition) is 3. The smallest absolute Gasteiger partial charge is 0.227 e. The maximum atomic E-state index is 16.1. The molecule has 1 aliphatic heterocycles. The number of carbonyl (C=O) groups excluding carboxylic acids is 1. The molecule has 2 aliphatic rings. The van der Waals surface area contributed by atoms with Crippen molar-refractivity contribution in [1.29, 1.82) is 0 Å². The van der Waals surface area contributed by atoms with Crippen LogP contribution in [-0.2, 0) is 4.79 Å². The first-order valence-electron chi connectivity index (χ1n) is 13.6. The van der Waals surface area contributed by atoms with E-state index in [0.29, 0.717) is 28.3 Å². The molecule has 0 radical (unpaired) electrons. The minimum atomic E-state index is -0.541. The van der Waals surface area contributed by atoms with Gasteiger partial charge in [-0.1, -0.05) is 12.8 Å². The van der Waals surface area contributed by atoms with Crippen molar-refractivity contribution < 1.29 is 9.18 Å². The number of imidazole rings is 1. The van der Waals surface area contributed by atoms with Crippen molar-refractivity contribution in [3.63, 3.8) is 0 Å². The maximum Gasteiger partial charge on any atom is 0.227 e. The molecule has 2 fully saturated rings. The van der Waals surface area contributed by atoms with Gasteiger partial charge in [0.1, 0.15) is 16.9 Å². The summed E-state index contributed by atoms with van der Waals surface area (Å²) >= 11 is 0. The van der Waals surface area contributed by atoms with Gasteiger partial charge in [0.2, 0.25) is 5.91 Å². The van der Waals surface area contributed by atoms with Gasteiger partial charge in [-0.15, -0.1) is 0 Å². The number of anilines is 2. The predicted molar refractivity (Wildman–Crippen MR) is 150 cm³/mol. The van der Waals surface area contributed by atoms with Gasteiger partial charge in [-0.05, 0) is 26.0 Å². The van der Waals surface area contributed by atoms with Crippen LogP contribution in [0.3, 0.4) is 0 Å². The second kappa shape index (κ2) is 9.94. The van der Waals surface area contributed by atoms with Crippen LogP contribution in [0.4, 0.5) is 15.8 Å². The van der Waals surface area contributed by atoms with E-state index in [-0.39, 0.29) is 22.9 Å². The molecule has 11 nitrogen and oxygen atoms in total. The van der Waals surface area contributed by atoms with E-state index in [1.807, 2.05) is 6.20 Å². The fourth-order valence-electron chi connectivity index (χ4n) is 5.73. The number of rotatable bonds is 5. The first-order valence-corrected chi connectivity index (χ1v) is 13.6. The highest BCUT2D eigenvalue weighted by Gasteiger charge is 2.25. The lowest BCUT2D eigenvalue weighted by Crippen LogP contribution is -2.44. The van der Waals surface area contributed by atoms with Crippen molar-refractivity contribution in [3.05, 3.63) is 42.9 Å². The number of halogens is 1. The molecule has 3 N–H and O–H groups in total. The summed E-state index contributed by atoms with van der Waals surface area (Å²) in [5.74, 6) is -0.108. The summed E-state index contributed by atoms with van der Waals surface area (Å²) in [6.07, 6.45) is 12.1. The molecule has 1 aliphatic carbocycles. The summed E-state index contributed by atoms with van der Waals surface area (Å²) in [7, 11) is 2.11. The normalized spacial score (nSPS) is 16.8. The highest BCUT2D eigenvalue weighted by Crippen LogP contribution is 2.34. The molecule has 40 heavy (non-hydrogen) atoms. The fraction of sp³-hybridized carbons (Fsp3) is 0.357. The van der Waals surface area contributed by atoms with Crippen LogP contribution >= 0.6 is 0 Å². The van der Waals surface area contributed by atoms with Gasteiger partial charge in [-0.2, -0.15) is 5.10 Å². The Hall–Kier alpha value is -4.45. The van der Waals surface area contributed by atoms with E-state index in [4.69, 9.17) is 4.98 Å². The summed E-state index contributed by atoms with van der Waals surface area (Å²) < 4.78 is 16.1. The summed E-state index contributed by atoms with van der Waals surface area (Å²) in [5.41, 5.74) is 4.38. The molecule has 7 rings (SSSR count). The van der Waals surface area contributed by atoms with Crippen molar-refractivity contribution >= 4 is 39.2 Å². The number of carbonyl (C=O) groups is 1. The number of nitrogens with one attached hydrogen (secondary N) is 3. The van der Waals surface area contributed by atoms with Crippen molar-refractivity contribution in [2.75, 3.05) is 43.4 Å². The SMILES string of the molecule is CN1CCN(c2cncc3[nH]c(-c4n[nH]c5cnc(-c6cncc(NC(=O)C7CCCC7)c6)c(F)c45)nc23)CC1. The zero-order valence-corrected chi connectivity index (χ0v) is 22.1. The Morgan fingerprint density at radius 3 is 2.62 bits per heavy atom. The van der Waals surface area contributed by atoms with Crippen LogP contribution in [0.1, 0.15) is 25.7 Å². The van der Waals surface area contributed by atoms with Gasteiger partial charge < -0.3 is 20.1 Å². The number of pyridine rings is 3. The third-order valence-corrected chi connectivity index (χ3v) is 7.99. The monoisotopic (exact) mass is 540 g/mol. The molecule has 1 saturated carbocycles. The summed E-state index contributed by atoms with van der Waals surface area (Å²) in [6.45, 7) is 3.67. The maximum absolute atomic E-state index is 16.1.